The topological polar surface area (TPSA) is 35.2 Å². The highest BCUT2D eigenvalue weighted by Gasteiger charge is 2.40. The van der Waals surface area contributed by atoms with Crippen LogP contribution in [0, 0.1) is 11.8 Å². The molecule has 0 bridgehead atoms. The maximum absolute atomic E-state index is 6.55. The Bertz CT molecular complexity index is 235. The van der Waals surface area contributed by atoms with Gasteiger partial charge < -0.3 is 10.5 Å². The molecule has 0 aromatic heterocycles. The van der Waals surface area contributed by atoms with Crippen molar-refractivity contribution in [3.05, 3.63) is 0 Å². The summed E-state index contributed by atoms with van der Waals surface area (Å²) < 4.78 is 6.02. The molecular weight excluding hydrogens is 210 g/mol. The molecule has 0 aromatic carbocycles. The van der Waals surface area contributed by atoms with Gasteiger partial charge in [-0.2, -0.15) is 0 Å². The summed E-state index contributed by atoms with van der Waals surface area (Å²) in [6, 6.07) is 0.247. The van der Waals surface area contributed by atoms with Crippen molar-refractivity contribution in [2.75, 3.05) is 6.61 Å². The van der Waals surface area contributed by atoms with E-state index in [0.29, 0.717) is 5.92 Å². The van der Waals surface area contributed by atoms with Gasteiger partial charge >= 0.3 is 0 Å². The summed E-state index contributed by atoms with van der Waals surface area (Å²) >= 11 is 0. The average molecular weight is 239 g/mol. The molecule has 4 unspecified atom stereocenters. The Kier molecular flexibility index (Phi) is 4.48. The molecule has 1 saturated heterocycles. The second-order valence-electron chi connectivity index (χ2n) is 6.34. The van der Waals surface area contributed by atoms with Crippen molar-refractivity contribution in [3.63, 3.8) is 0 Å². The molecule has 2 aliphatic rings. The van der Waals surface area contributed by atoms with Crippen molar-refractivity contribution in [1.82, 2.24) is 0 Å². The lowest BCUT2D eigenvalue weighted by Gasteiger charge is -2.44. The summed E-state index contributed by atoms with van der Waals surface area (Å²) in [5.41, 5.74) is 6.51. The van der Waals surface area contributed by atoms with Gasteiger partial charge in [-0.1, -0.05) is 26.2 Å². The van der Waals surface area contributed by atoms with Crippen LogP contribution in [0.5, 0.6) is 0 Å². The predicted octanol–water partition coefficient (Wildman–Crippen LogP) is 3.49. The van der Waals surface area contributed by atoms with Crippen LogP contribution in [-0.4, -0.2) is 18.2 Å². The van der Waals surface area contributed by atoms with Crippen molar-refractivity contribution >= 4 is 0 Å². The zero-order valence-corrected chi connectivity index (χ0v) is 11.6. The van der Waals surface area contributed by atoms with E-state index in [2.05, 4.69) is 13.8 Å². The molecule has 2 fully saturated rings. The molecule has 2 nitrogen and oxygen atoms in total. The molecule has 2 N–H and O–H groups in total. The third-order valence-electron chi connectivity index (χ3n) is 5.11. The third kappa shape index (κ3) is 3.03. The molecule has 0 amide bonds. The van der Waals surface area contributed by atoms with Crippen LogP contribution >= 0.6 is 0 Å². The van der Waals surface area contributed by atoms with Crippen molar-refractivity contribution in [2.24, 2.45) is 17.6 Å². The number of hydrogen-bond donors (Lipinski definition) is 1. The molecule has 1 aliphatic carbocycles. The zero-order valence-electron chi connectivity index (χ0n) is 11.6. The summed E-state index contributed by atoms with van der Waals surface area (Å²) in [5, 5.41) is 0. The van der Waals surface area contributed by atoms with Gasteiger partial charge in [0.05, 0.1) is 5.60 Å². The SMILES string of the molecule is CCC1CCCC(C(N)C2(C)CCCCO2)C1. The smallest absolute Gasteiger partial charge is 0.0807 e. The number of hydrogen-bond acceptors (Lipinski definition) is 2. The maximum atomic E-state index is 6.55. The Balaban J connectivity index is 1.95. The Hall–Kier alpha value is -0.0800. The van der Waals surface area contributed by atoms with E-state index in [9.17, 15) is 0 Å². The highest BCUT2D eigenvalue weighted by Crippen LogP contribution is 2.38. The van der Waals surface area contributed by atoms with E-state index < -0.39 is 0 Å². The minimum absolute atomic E-state index is 0.0431. The normalized spacial score (nSPS) is 41.1. The molecule has 4 atom stereocenters. The molecule has 1 heterocycles. The number of nitrogens with two attached hydrogens (primary N) is 1. The molecule has 0 spiro atoms. The second kappa shape index (κ2) is 5.71. The molecule has 0 radical (unpaired) electrons. The van der Waals surface area contributed by atoms with Gasteiger partial charge in [-0.25, -0.2) is 0 Å². The van der Waals surface area contributed by atoms with Gasteiger partial charge in [-0.3, -0.25) is 0 Å². The first-order valence-corrected chi connectivity index (χ1v) is 7.55. The van der Waals surface area contributed by atoms with Crippen LogP contribution in [0.15, 0.2) is 0 Å². The number of ether oxygens (including phenoxy) is 1. The van der Waals surface area contributed by atoms with E-state index in [0.717, 1.165) is 18.9 Å². The van der Waals surface area contributed by atoms with Crippen LogP contribution in [0.25, 0.3) is 0 Å². The minimum atomic E-state index is -0.0431. The van der Waals surface area contributed by atoms with Gasteiger partial charge in [0.15, 0.2) is 0 Å². The zero-order chi connectivity index (χ0) is 12.3. The van der Waals surface area contributed by atoms with Gasteiger partial charge in [-0.05, 0) is 50.9 Å². The van der Waals surface area contributed by atoms with Crippen molar-refractivity contribution in [3.8, 4) is 0 Å². The first kappa shape index (κ1) is 13.4. The summed E-state index contributed by atoms with van der Waals surface area (Å²) in [5.74, 6) is 1.60. The monoisotopic (exact) mass is 239 g/mol. The fourth-order valence-corrected chi connectivity index (χ4v) is 3.75. The molecule has 1 aliphatic heterocycles. The maximum Gasteiger partial charge on any atom is 0.0807 e. The summed E-state index contributed by atoms with van der Waals surface area (Å²) in [6.45, 7) is 5.47. The quantitative estimate of drug-likeness (QED) is 0.818. The largest absolute Gasteiger partial charge is 0.374 e. The van der Waals surface area contributed by atoms with E-state index in [4.69, 9.17) is 10.5 Å². The Morgan fingerprint density at radius 3 is 2.76 bits per heavy atom. The molecular formula is C15H29NO. The Morgan fingerprint density at radius 1 is 1.29 bits per heavy atom. The van der Waals surface area contributed by atoms with Gasteiger partial charge in [0.1, 0.15) is 0 Å². The van der Waals surface area contributed by atoms with Crippen LogP contribution in [0.1, 0.15) is 65.2 Å². The van der Waals surface area contributed by atoms with Gasteiger partial charge in [0, 0.05) is 12.6 Å². The molecule has 100 valence electrons. The Labute approximate surface area is 106 Å². The predicted molar refractivity (Wildman–Crippen MR) is 71.9 cm³/mol. The average Bonchev–Trinajstić information content (AvgIpc) is 2.39. The Morgan fingerprint density at radius 2 is 2.12 bits per heavy atom. The first-order valence-electron chi connectivity index (χ1n) is 7.55. The second-order valence-corrected chi connectivity index (χ2v) is 6.34. The highest BCUT2D eigenvalue weighted by molar-refractivity contribution is 4.95. The standard InChI is InChI=1S/C15H29NO/c1-3-12-7-6-8-13(11-12)14(16)15(2)9-4-5-10-17-15/h12-14H,3-11,16H2,1-2H3. The van der Waals surface area contributed by atoms with Crippen LogP contribution in [-0.2, 0) is 4.74 Å². The van der Waals surface area contributed by atoms with Gasteiger partial charge in [0.2, 0.25) is 0 Å². The van der Waals surface area contributed by atoms with Gasteiger partial charge in [-0.15, -0.1) is 0 Å². The molecule has 1 saturated carbocycles. The van der Waals surface area contributed by atoms with E-state index in [1.165, 1.54) is 44.9 Å². The van der Waals surface area contributed by atoms with Crippen LogP contribution in [0.2, 0.25) is 0 Å². The van der Waals surface area contributed by atoms with Crippen LogP contribution in [0.3, 0.4) is 0 Å². The number of rotatable bonds is 3. The van der Waals surface area contributed by atoms with E-state index in [1.54, 1.807) is 0 Å². The minimum Gasteiger partial charge on any atom is -0.374 e. The van der Waals surface area contributed by atoms with E-state index >= 15 is 0 Å². The highest BCUT2D eigenvalue weighted by atomic mass is 16.5. The molecule has 2 rings (SSSR count). The van der Waals surface area contributed by atoms with Crippen molar-refractivity contribution in [2.45, 2.75) is 76.9 Å². The first-order chi connectivity index (χ1) is 8.15. The third-order valence-corrected chi connectivity index (χ3v) is 5.11. The lowest BCUT2D eigenvalue weighted by atomic mass is 9.71. The van der Waals surface area contributed by atoms with Crippen LogP contribution in [0.4, 0.5) is 0 Å². The lowest BCUT2D eigenvalue weighted by molar-refractivity contribution is -0.0960. The summed E-state index contributed by atoms with van der Waals surface area (Å²) in [6.07, 6.45) is 10.4. The summed E-state index contributed by atoms with van der Waals surface area (Å²) in [4.78, 5) is 0. The lowest BCUT2D eigenvalue weighted by Crippen LogP contribution is -2.54. The fraction of sp³-hybridized carbons (Fsp3) is 1.00. The molecule has 0 aromatic rings. The fourth-order valence-electron chi connectivity index (χ4n) is 3.75. The van der Waals surface area contributed by atoms with Crippen molar-refractivity contribution < 1.29 is 4.74 Å². The van der Waals surface area contributed by atoms with E-state index in [-0.39, 0.29) is 11.6 Å². The molecule has 17 heavy (non-hydrogen) atoms. The summed E-state index contributed by atoms with van der Waals surface area (Å²) in [7, 11) is 0. The molecule has 2 heteroatoms. The van der Waals surface area contributed by atoms with E-state index in [1.807, 2.05) is 0 Å². The van der Waals surface area contributed by atoms with Crippen molar-refractivity contribution in [1.29, 1.82) is 0 Å². The van der Waals surface area contributed by atoms with Gasteiger partial charge in [0.25, 0.3) is 0 Å². The van der Waals surface area contributed by atoms with Crippen LogP contribution < -0.4 is 5.73 Å².